The van der Waals surface area contributed by atoms with E-state index in [1.165, 1.54) is 23.5 Å². The molecule has 2 aromatic heterocycles. The summed E-state index contributed by atoms with van der Waals surface area (Å²) in [5, 5.41) is 12.2. The number of thiophene rings is 1. The smallest absolute Gasteiger partial charge is 0.328 e. The standard InChI is InChI=1S/C36H40FN3O5S/c1-21(34(44)45-36(5,6)7)40-33(43)25(18-29(42)30-14-15-31(46-30)35(2,3)4)16-22-8-10-23(11-9-22)32-38-19-26(20-39-32)24-12-13-28(41)27(37)17-24/h8-15,17,19-21,25,41H,16,18H2,1-7H3,(H,40,43)/t21-,25-/m1/s1. The summed E-state index contributed by atoms with van der Waals surface area (Å²) in [6.45, 7) is 13.1. The zero-order chi connectivity index (χ0) is 33.8. The van der Waals surface area contributed by atoms with Crippen molar-refractivity contribution in [3.63, 3.8) is 0 Å². The molecule has 8 nitrogen and oxygen atoms in total. The van der Waals surface area contributed by atoms with Crippen LogP contribution in [-0.2, 0) is 26.2 Å². The van der Waals surface area contributed by atoms with Gasteiger partial charge < -0.3 is 15.2 Å². The fourth-order valence-electron chi connectivity index (χ4n) is 4.64. The van der Waals surface area contributed by atoms with Crippen molar-refractivity contribution in [3.05, 3.63) is 88.1 Å². The van der Waals surface area contributed by atoms with Gasteiger partial charge in [0.2, 0.25) is 5.91 Å². The number of phenolic OH excluding ortho intramolecular Hbond substituents is 1. The van der Waals surface area contributed by atoms with Gasteiger partial charge in [-0.05, 0) is 74.9 Å². The van der Waals surface area contributed by atoms with Crippen LogP contribution in [0.4, 0.5) is 4.39 Å². The van der Waals surface area contributed by atoms with Crippen LogP contribution in [0.1, 0.15) is 75.0 Å². The third-order valence-electron chi connectivity index (χ3n) is 7.17. The second-order valence-corrected chi connectivity index (χ2v) is 14.4. The van der Waals surface area contributed by atoms with Gasteiger partial charge in [-0.25, -0.2) is 19.2 Å². The predicted molar refractivity (Wildman–Crippen MR) is 177 cm³/mol. The minimum Gasteiger partial charge on any atom is -0.505 e. The van der Waals surface area contributed by atoms with E-state index < -0.39 is 41.0 Å². The zero-order valence-corrected chi connectivity index (χ0v) is 28.0. The van der Waals surface area contributed by atoms with E-state index in [1.54, 1.807) is 46.2 Å². The van der Waals surface area contributed by atoms with Gasteiger partial charge in [-0.3, -0.25) is 9.59 Å². The Morgan fingerprint density at radius 2 is 1.54 bits per heavy atom. The Balaban J connectivity index is 1.51. The molecule has 2 N–H and O–H groups in total. The van der Waals surface area contributed by atoms with Crippen molar-refractivity contribution >= 4 is 29.0 Å². The third-order valence-corrected chi connectivity index (χ3v) is 8.72. The van der Waals surface area contributed by atoms with Crippen molar-refractivity contribution in [1.29, 1.82) is 0 Å². The molecule has 242 valence electrons. The second-order valence-electron chi connectivity index (χ2n) is 13.4. The number of aromatic hydroxyl groups is 1. The van der Waals surface area contributed by atoms with E-state index in [1.807, 2.05) is 36.4 Å². The highest BCUT2D eigenvalue weighted by Crippen LogP contribution is 2.31. The lowest BCUT2D eigenvalue weighted by Gasteiger charge is -2.24. The molecule has 0 saturated carbocycles. The SMILES string of the molecule is C[C@@H](NC(=O)[C@@H](CC(=O)c1ccc(C(C)(C)C)s1)Cc1ccc(-c2ncc(-c3ccc(O)c(F)c3)cn2)cc1)C(=O)OC(C)(C)C. The van der Waals surface area contributed by atoms with E-state index in [0.29, 0.717) is 21.8 Å². The Labute approximate surface area is 273 Å². The van der Waals surface area contributed by atoms with Gasteiger partial charge in [0.05, 0.1) is 4.88 Å². The highest BCUT2D eigenvalue weighted by Gasteiger charge is 2.29. The average Bonchev–Trinajstić information content (AvgIpc) is 3.49. The van der Waals surface area contributed by atoms with E-state index in [4.69, 9.17) is 4.74 Å². The number of halogens is 1. The fourth-order valence-corrected chi connectivity index (χ4v) is 5.65. The highest BCUT2D eigenvalue weighted by molar-refractivity contribution is 7.14. The van der Waals surface area contributed by atoms with Crippen molar-refractivity contribution in [2.75, 3.05) is 0 Å². The van der Waals surface area contributed by atoms with E-state index in [9.17, 15) is 23.9 Å². The van der Waals surface area contributed by atoms with Crippen molar-refractivity contribution < 1.29 is 28.6 Å². The first-order chi connectivity index (χ1) is 21.5. The normalized spacial score (nSPS) is 13.1. The van der Waals surface area contributed by atoms with Crippen molar-refractivity contribution in [2.45, 2.75) is 78.4 Å². The number of nitrogens with zero attached hydrogens (tertiary/aromatic N) is 2. The maximum Gasteiger partial charge on any atom is 0.328 e. The molecule has 0 spiro atoms. The Kier molecular flexibility index (Phi) is 10.4. The Bertz CT molecular complexity index is 1700. The van der Waals surface area contributed by atoms with E-state index in [0.717, 1.165) is 16.0 Å². The number of hydrogen-bond donors (Lipinski definition) is 2. The van der Waals surface area contributed by atoms with Crippen LogP contribution in [0.15, 0.2) is 67.0 Å². The molecule has 0 aliphatic heterocycles. The first-order valence-electron chi connectivity index (χ1n) is 15.1. The fraction of sp³-hybridized carbons (Fsp3) is 0.361. The number of amides is 1. The first-order valence-corrected chi connectivity index (χ1v) is 15.9. The lowest BCUT2D eigenvalue weighted by Crippen LogP contribution is -2.45. The number of ether oxygens (including phenoxy) is 1. The van der Waals surface area contributed by atoms with Gasteiger partial charge in [0.15, 0.2) is 23.2 Å². The van der Waals surface area contributed by atoms with Crippen LogP contribution < -0.4 is 5.32 Å². The van der Waals surface area contributed by atoms with Crippen molar-refractivity contribution in [2.24, 2.45) is 5.92 Å². The molecule has 2 aromatic carbocycles. The molecule has 0 radical (unpaired) electrons. The summed E-state index contributed by atoms with van der Waals surface area (Å²) in [5.41, 5.74) is 1.88. The summed E-state index contributed by atoms with van der Waals surface area (Å²) in [4.78, 5) is 50.0. The van der Waals surface area contributed by atoms with Crippen molar-refractivity contribution in [1.82, 2.24) is 15.3 Å². The Morgan fingerprint density at radius 3 is 2.11 bits per heavy atom. The molecule has 4 aromatic rings. The summed E-state index contributed by atoms with van der Waals surface area (Å²) >= 11 is 1.43. The van der Waals surface area contributed by atoms with Gasteiger partial charge in [-0.2, -0.15) is 0 Å². The highest BCUT2D eigenvalue weighted by atomic mass is 32.1. The molecule has 0 unspecified atom stereocenters. The molecule has 2 heterocycles. The Hall–Kier alpha value is -4.44. The maximum atomic E-state index is 13.8. The summed E-state index contributed by atoms with van der Waals surface area (Å²) < 4.78 is 19.2. The number of ketones is 1. The van der Waals surface area contributed by atoms with Crippen LogP contribution in [0.2, 0.25) is 0 Å². The maximum absolute atomic E-state index is 13.8. The summed E-state index contributed by atoms with van der Waals surface area (Å²) in [6.07, 6.45) is 3.40. The number of Topliss-reactive ketones (excluding diaryl/α,β-unsaturated/α-hetero) is 1. The minimum atomic E-state index is -0.890. The number of rotatable bonds is 10. The largest absolute Gasteiger partial charge is 0.505 e. The molecule has 10 heteroatoms. The monoisotopic (exact) mass is 645 g/mol. The van der Waals surface area contributed by atoms with E-state index in [-0.39, 0.29) is 24.0 Å². The van der Waals surface area contributed by atoms with Gasteiger partial charge in [0.25, 0.3) is 0 Å². The van der Waals surface area contributed by atoms with Crippen molar-refractivity contribution in [3.8, 4) is 28.3 Å². The number of aromatic nitrogens is 2. The summed E-state index contributed by atoms with van der Waals surface area (Å²) in [5.74, 6) is -2.52. The zero-order valence-electron chi connectivity index (χ0n) is 27.2. The van der Waals surface area contributed by atoms with Crippen LogP contribution in [0.3, 0.4) is 0 Å². The number of hydrogen-bond acceptors (Lipinski definition) is 8. The Morgan fingerprint density at radius 1 is 0.913 bits per heavy atom. The van der Waals surface area contributed by atoms with Crippen LogP contribution >= 0.6 is 11.3 Å². The van der Waals surface area contributed by atoms with Gasteiger partial charge in [-0.15, -0.1) is 11.3 Å². The van der Waals surface area contributed by atoms with Crippen LogP contribution in [-0.4, -0.2) is 44.4 Å². The number of nitrogens with one attached hydrogen (secondary N) is 1. The topological polar surface area (TPSA) is 118 Å². The molecule has 46 heavy (non-hydrogen) atoms. The lowest BCUT2D eigenvalue weighted by molar-refractivity contribution is -0.158. The minimum absolute atomic E-state index is 0.0266. The first kappa shape index (κ1) is 34.4. The number of carbonyl (C=O) groups is 3. The van der Waals surface area contributed by atoms with Crippen LogP contribution in [0.5, 0.6) is 5.75 Å². The number of esters is 1. The number of phenols is 1. The molecule has 0 aliphatic rings. The van der Waals surface area contributed by atoms with Gasteiger partial charge in [0.1, 0.15) is 11.6 Å². The number of benzene rings is 2. The van der Waals surface area contributed by atoms with Gasteiger partial charge in [0, 0.05) is 40.7 Å². The third kappa shape index (κ3) is 9.06. The molecule has 0 aliphatic carbocycles. The quantitative estimate of drug-likeness (QED) is 0.137. The second kappa shape index (κ2) is 13.9. The molecule has 1 amide bonds. The molecule has 0 fully saturated rings. The molecule has 2 atom stereocenters. The molecular weight excluding hydrogens is 605 g/mol. The van der Waals surface area contributed by atoms with Gasteiger partial charge >= 0.3 is 5.97 Å². The lowest BCUT2D eigenvalue weighted by atomic mass is 9.92. The van der Waals surface area contributed by atoms with Gasteiger partial charge in [-0.1, -0.05) is 51.1 Å². The molecule has 0 bridgehead atoms. The predicted octanol–water partition coefficient (Wildman–Crippen LogP) is 7.29. The van der Waals surface area contributed by atoms with Crippen LogP contribution in [0, 0.1) is 11.7 Å². The van der Waals surface area contributed by atoms with Crippen LogP contribution in [0.25, 0.3) is 22.5 Å². The van der Waals surface area contributed by atoms with E-state index >= 15 is 0 Å². The van der Waals surface area contributed by atoms with E-state index in [2.05, 4.69) is 36.1 Å². The molecule has 0 saturated heterocycles. The summed E-state index contributed by atoms with van der Waals surface area (Å²) in [7, 11) is 0. The molecular formula is C36H40FN3O5S. The average molecular weight is 646 g/mol. The molecule has 4 rings (SSSR count). The number of carbonyl (C=O) groups excluding carboxylic acids is 3. The summed E-state index contributed by atoms with van der Waals surface area (Å²) in [6, 6.07) is 14.3.